The second-order valence-corrected chi connectivity index (χ2v) is 6.90. The van der Waals surface area contributed by atoms with Gasteiger partial charge in [-0.05, 0) is 12.8 Å². The van der Waals surface area contributed by atoms with Gasteiger partial charge in [-0.25, -0.2) is 4.98 Å². The molecule has 1 amide bonds. The number of halogens is 1. The Morgan fingerprint density at radius 2 is 2.22 bits per heavy atom. The minimum Gasteiger partial charge on any atom is -0.340 e. The van der Waals surface area contributed by atoms with Crippen LogP contribution in [0.5, 0.6) is 0 Å². The lowest BCUT2D eigenvalue weighted by Gasteiger charge is -2.14. The highest BCUT2D eigenvalue weighted by Crippen LogP contribution is 2.43. The van der Waals surface area contributed by atoms with Gasteiger partial charge in [-0.2, -0.15) is 5.10 Å². The molecule has 4 rings (SSSR count). The molecule has 0 unspecified atom stereocenters. The Bertz CT molecular complexity index is 749. The number of nitrogens with one attached hydrogen (secondary N) is 1. The molecule has 1 aliphatic carbocycles. The number of imidazole rings is 1. The first-order chi connectivity index (χ1) is 11.0. The average Bonchev–Trinajstić information content (AvgIpc) is 2.96. The number of hydrogen-bond acceptors (Lipinski definition) is 4. The summed E-state index contributed by atoms with van der Waals surface area (Å²) < 4.78 is 1.89. The number of H-pyrrole nitrogens is 1. The molecule has 1 aliphatic heterocycles. The minimum atomic E-state index is -0.160. The Labute approximate surface area is 138 Å². The predicted molar refractivity (Wildman–Crippen MR) is 85.4 cm³/mol. The van der Waals surface area contributed by atoms with Gasteiger partial charge in [-0.3, -0.25) is 9.89 Å². The molecule has 1 saturated heterocycles. The number of rotatable bonds is 3. The van der Waals surface area contributed by atoms with E-state index in [1.165, 1.54) is 0 Å². The van der Waals surface area contributed by atoms with Crippen LogP contribution < -0.4 is 5.73 Å². The van der Waals surface area contributed by atoms with Crippen LogP contribution in [0.2, 0.25) is 5.02 Å². The molecule has 3 heterocycles. The molecule has 2 fully saturated rings. The van der Waals surface area contributed by atoms with Crippen LogP contribution in [0.3, 0.4) is 0 Å². The van der Waals surface area contributed by atoms with Gasteiger partial charge in [0.15, 0.2) is 5.69 Å². The third-order valence-corrected chi connectivity index (χ3v) is 5.06. The number of carbonyl (C=O) groups excluding carboxylic acids is 1. The van der Waals surface area contributed by atoms with Crippen molar-refractivity contribution in [2.45, 2.75) is 30.7 Å². The maximum absolute atomic E-state index is 12.7. The van der Waals surface area contributed by atoms with E-state index in [1.54, 1.807) is 11.2 Å². The number of nitrogens with two attached hydrogens (primary N) is 1. The normalized spacial score (nSPS) is 24.4. The molecule has 1 saturated carbocycles. The van der Waals surface area contributed by atoms with Crippen molar-refractivity contribution in [1.29, 1.82) is 0 Å². The summed E-state index contributed by atoms with van der Waals surface area (Å²) in [4.78, 5) is 18.8. The summed E-state index contributed by atoms with van der Waals surface area (Å²) in [7, 11) is 1.92. The molecule has 0 radical (unpaired) electrons. The zero-order valence-corrected chi connectivity index (χ0v) is 13.6. The molecule has 0 spiro atoms. The van der Waals surface area contributed by atoms with Crippen molar-refractivity contribution in [2.24, 2.45) is 12.8 Å². The van der Waals surface area contributed by atoms with Crippen molar-refractivity contribution in [3.05, 3.63) is 34.6 Å². The molecule has 122 valence electrons. The molecule has 23 heavy (non-hydrogen) atoms. The Kier molecular flexibility index (Phi) is 3.42. The van der Waals surface area contributed by atoms with Gasteiger partial charge in [0.1, 0.15) is 0 Å². The summed E-state index contributed by atoms with van der Waals surface area (Å²) in [5.74, 6) is 0.312. The van der Waals surface area contributed by atoms with Crippen molar-refractivity contribution in [3.8, 4) is 0 Å². The molecule has 2 atom stereocenters. The first-order valence-corrected chi connectivity index (χ1v) is 8.19. The van der Waals surface area contributed by atoms with Gasteiger partial charge >= 0.3 is 0 Å². The van der Waals surface area contributed by atoms with Gasteiger partial charge < -0.3 is 15.2 Å². The van der Waals surface area contributed by atoms with E-state index in [4.69, 9.17) is 17.3 Å². The third kappa shape index (κ3) is 2.53. The highest BCUT2D eigenvalue weighted by atomic mass is 35.5. The van der Waals surface area contributed by atoms with E-state index in [0.717, 1.165) is 24.2 Å². The molecular formula is C15H19ClN6O. The van der Waals surface area contributed by atoms with E-state index in [9.17, 15) is 4.79 Å². The monoisotopic (exact) mass is 334 g/mol. The van der Waals surface area contributed by atoms with Gasteiger partial charge in [0.25, 0.3) is 5.91 Å². The topological polar surface area (TPSA) is 92.8 Å². The summed E-state index contributed by atoms with van der Waals surface area (Å²) >= 11 is 6.34. The van der Waals surface area contributed by atoms with Crippen LogP contribution in [-0.4, -0.2) is 49.7 Å². The number of amides is 1. The van der Waals surface area contributed by atoms with Crippen LogP contribution in [0.15, 0.2) is 12.5 Å². The largest absolute Gasteiger partial charge is 0.340 e. The predicted octanol–water partition coefficient (Wildman–Crippen LogP) is 1.24. The molecule has 7 nitrogen and oxygen atoms in total. The Morgan fingerprint density at radius 1 is 1.43 bits per heavy atom. The van der Waals surface area contributed by atoms with Gasteiger partial charge in [0.05, 0.1) is 22.7 Å². The van der Waals surface area contributed by atoms with E-state index in [2.05, 4.69) is 15.2 Å². The van der Waals surface area contributed by atoms with Crippen molar-refractivity contribution < 1.29 is 4.79 Å². The average molecular weight is 335 g/mol. The number of hydrogen-bond donors (Lipinski definition) is 2. The van der Waals surface area contributed by atoms with Gasteiger partial charge in [0, 0.05) is 44.2 Å². The number of nitrogens with zero attached hydrogens (tertiary/aromatic N) is 4. The zero-order valence-electron chi connectivity index (χ0n) is 12.9. The highest BCUT2D eigenvalue weighted by Gasteiger charge is 2.38. The fraction of sp³-hybridized carbons (Fsp3) is 0.533. The molecule has 3 N–H and O–H groups in total. The lowest BCUT2D eigenvalue weighted by atomic mass is 10.0. The number of likely N-dealkylation sites (tertiary alicyclic amines) is 1. The number of aryl methyl sites for hydroxylation is 1. The molecule has 2 aliphatic rings. The van der Waals surface area contributed by atoms with Crippen molar-refractivity contribution in [2.75, 3.05) is 13.1 Å². The summed E-state index contributed by atoms with van der Waals surface area (Å²) in [6.45, 7) is 1.03. The van der Waals surface area contributed by atoms with Crippen molar-refractivity contribution in [3.63, 3.8) is 0 Å². The van der Waals surface area contributed by atoms with E-state index in [0.29, 0.717) is 29.7 Å². The molecule has 0 aromatic carbocycles. The number of carbonyl (C=O) groups is 1. The molecule has 2 aromatic heterocycles. The molecule has 2 aromatic rings. The third-order valence-electron chi connectivity index (χ3n) is 4.68. The van der Waals surface area contributed by atoms with Crippen molar-refractivity contribution in [1.82, 2.24) is 24.6 Å². The summed E-state index contributed by atoms with van der Waals surface area (Å²) in [6, 6.07) is -0.130. The van der Waals surface area contributed by atoms with Crippen LogP contribution in [0.25, 0.3) is 0 Å². The summed E-state index contributed by atoms with van der Waals surface area (Å²) in [5.41, 5.74) is 8.34. The van der Waals surface area contributed by atoms with E-state index < -0.39 is 0 Å². The summed E-state index contributed by atoms with van der Waals surface area (Å²) in [6.07, 6.45) is 5.90. The van der Waals surface area contributed by atoms with Gasteiger partial charge in [-0.15, -0.1) is 0 Å². The first kappa shape index (κ1) is 14.7. The summed E-state index contributed by atoms with van der Waals surface area (Å²) in [5, 5.41) is 7.53. The highest BCUT2D eigenvalue weighted by molar-refractivity contribution is 6.34. The minimum absolute atomic E-state index is 0.0424. The molecule has 8 heteroatoms. The quantitative estimate of drug-likeness (QED) is 0.883. The standard InChI is InChI=1S/C15H19ClN6O/c1-21-6-11(18-7-21)9-4-22(5-10(9)17)15(23)14-12(16)13(19-20-14)8-2-3-8/h6-10H,2-5,17H2,1H3,(H,19,20)/t9-,10-/m1/s1. The number of aromatic nitrogens is 4. The fourth-order valence-corrected chi connectivity index (χ4v) is 3.53. The molecular weight excluding hydrogens is 316 g/mol. The van der Waals surface area contributed by atoms with Gasteiger partial charge in [-0.1, -0.05) is 11.6 Å². The SMILES string of the molecule is Cn1cnc([C@@H]2CN(C(=O)c3n[nH]c(C4CC4)c3Cl)C[C@H]2N)c1. The van der Waals surface area contributed by atoms with Crippen LogP contribution >= 0.6 is 11.6 Å². The van der Waals surface area contributed by atoms with E-state index >= 15 is 0 Å². The number of aromatic amines is 1. The lowest BCUT2D eigenvalue weighted by molar-refractivity contribution is 0.0783. The van der Waals surface area contributed by atoms with Crippen LogP contribution in [-0.2, 0) is 7.05 Å². The van der Waals surface area contributed by atoms with E-state index in [-0.39, 0.29) is 17.9 Å². The Balaban J connectivity index is 1.53. The second kappa shape index (κ2) is 5.35. The Morgan fingerprint density at radius 3 is 2.87 bits per heavy atom. The Hall–Kier alpha value is -1.86. The maximum Gasteiger partial charge on any atom is 0.275 e. The van der Waals surface area contributed by atoms with Gasteiger partial charge in [0.2, 0.25) is 0 Å². The lowest BCUT2D eigenvalue weighted by Crippen LogP contribution is -2.32. The first-order valence-electron chi connectivity index (χ1n) is 7.81. The van der Waals surface area contributed by atoms with Crippen molar-refractivity contribution >= 4 is 17.5 Å². The maximum atomic E-state index is 12.7. The fourth-order valence-electron chi connectivity index (χ4n) is 3.21. The van der Waals surface area contributed by atoms with Crippen LogP contribution in [0.4, 0.5) is 0 Å². The second-order valence-electron chi connectivity index (χ2n) is 6.52. The van der Waals surface area contributed by atoms with E-state index in [1.807, 2.05) is 17.8 Å². The van der Waals surface area contributed by atoms with Crippen LogP contribution in [0, 0.1) is 0 Å². The molecule has 0 bridgehead atoms. The smallest absolute Gasteiger partial charge is 0.275 e. The van der Waals surface area contributed by atoms with Crippen LogP contribution in [0.1, 0.15) is 46.6 Å². The zero-order chi connectivity index (χ0) is 16.1.